The molecule has 0 amide bonds. The van der Waals surface area contributed by atoms with E-state index in [1.807, 2.05) is 54.6 Å². The maximum atomic E-state index is 11.5. The number of hydrogen-bond donors (Lipinski definition) is 0. The lowest BCUT2D eigenvalue weighted by molar-refractivity contribution is -0.134. The van der Waals surface area contributed by atoms with E-state index in [9.17, 15) is 4.79 Å². The van der Waals surface area contributed by atoms with Crippen molar-refractivity contribution >= 4 is 11.5 Å². The third-order valence-electron chi connectivity index (χ3n) is 3.25. The van der Waals surface area contributed by atoms with E-state index in [2.05, 4.69) is 4.74 Å². The fourth-order valence-corrected chi connectivity index (χ4v) is 2.09. The maximum Gasteiger partial charge on any atom is 0.330 e. The van der Waals surface area contributed by atoms with Crippen molar-refractivity contribution < 1.29 is 19.0 Å². The summed E-state index contributed by atoms with van der Waals surface area (Å²) in [5, 5.41) is 0. The highest BCUT2D eigenvalue weighted by atomic mass is 16.5. The summed E-state index contributed by atoms with van der Waals surface area (Å²) in [6.45, 7) is 0.807. The van der Waals surface area contributed by atoms with Crippen LogP contribution in [0.5, 0.6) is 5.75 Å². The zero-order valence-corrected chi connectivity index (χ0v) is 13.3. The van der Waals surface area contributed by atoms with Gasteiger partial charge in [0.05, 0.1) is 13.7 Å². The Morgan fingerprint density at radius 2 is 1.83 bits per heavy atom. The first kappa shape index (κ1) is 16.8. The van der Waals surface area contributed by atoms with E-state index in [0.29, 0.717) is 13.2 Å². The molecule has 0 saturated carbocycles. The molecular formula is C19H20O4. The van der Waals surface area contributed by atoms with Crippen LogP contribution in [0.2, 0.25) is 0 Å². The lowest BCUT2D eigenvalue weighted by atomic mass is 10.1. The second-order valence-electron chi connectivity index (χ2n) is 4.93. The standard InChI is InChI=1S/C19H20O4/c1-21-14-17(12-19(20)22-2)16-9-6-10-18(11-16)23-13-15-7-4-3-5-8-15/h3-12H,13-14H2,1-2H3/b17-12+. The Hall–Kier alpha value is -2.59. The van der Waals surface area contributed by atoms with E-state index in [0.717, 1.165) is 22.4 Å². The molecule has 2 aromatic carbocycles. The van der Waals surface area contributed by atoms with Crippen LogP contribution in [0.1, 0.15) is 11.1 Å². The number of methoxy groups -OCH3 is 2. The monoisotopic (exact) mass is 312 g/mol. The van der Waals surface area contributed by atoms with Crippen molar-refractivity contribution in [3.8, 4) is 5.75 Å². The van der Waals surface area contributed by atoms with E-state index < -0.39 is 5.97 Å². The zero-order chi connectivity index (χ0) is 16.5. The molecule has 4 nitrogen and oxygen atoms in total. The summed E-state index contributed by atoms with van der Waals surface area (Å²) in [4.78, 5) is 11.5. The molecule has 120 valence electrons. The van der Waals surface area contributed by atoms with Crippen LogP contribution >= 0.6 is 0 Å². The van der Waals surface area contributed by atoms with Gasteiger partial charge in [0.2, 0.25) is 0 Å². The van der Waals surface area contributed by atoms with Gasteiger partial charge in [-0.25, -0.2) is 4.79 Å². The van der Waals surface area contributed by atoms with Gasteiger partial charge in [0, 0.05) is 13.2 Å². The van der Waals surface area contributed by atoms with Gasteiger partial charge in [-0.15, -0.1) is 0 Å². The average Bonchev–Trinajstić information content (AvgIpc) is 2.60. The van der Waals surface area contributed by atoms with E-state index in [-0.39, 0.29) is 0 Å². The van der Waals surface area contributed by atoms with Gasteiger partial charge in [-0.2, -0.15) is 0 Å². The molecule has 0 aliphatic carbocycles. The van der Waals surface area contributed by atoms with Gasteiger partial charge < -0.3 is 14.2 Å². The second-order valence-corrected chi connectivity index (χ2v) is 4.93. The molecule has 0 aliphatic heterocycles. The zero-order valence-electron chi connectivity index (χ0n) is 13.3. The van der Waals surface area contributed by atoms with Gasteiger partial charge in [-0.3, -0.25) is 0 Å². The SMILES string of the molecule is COC/C(=C\C(=O)OC)c1cccc(OCc2ccccc2)c1. The van der Waals surface area contributed by atoms with Crippen LogP contribution in [0, 0.1) is 0 Å². The first-order chi connectivity index (χ1) is 11.2. The quantitative estimate of drug-likeness (QED) is 0.580. The van der Waals surface area contributed by atoms with Gasteiger partial charge in [0.15, 0.2) is 0 Å². The minimum absolute atomic E-state index is 0.317. The fraction of sp³-hybridized carbons (Fsp3) is 0.211. The van der Waals surface area contributed by atoms with E-state index >= 15 is 0 Å². The van der Waals surface area contributed by atoms with Crippen molar-refractivity contribution in [2.75, 3.05) is 20.8 Å². The number of hydrogen-bond acceptors (Lipinski definition) is 4. The van der Waals surface area contributed by atoms with Crippen LogP contribution in [-0.4, -0.2) is 26.8 Å². The first-order valence-electron chi connectivity index (χ1n) is 7.27. The van der Waals surface area contributed by atoms with E-state index in [4.69, 9.17) is 9.47 Å². The number of carbonyl (C=O) groups is 1. The molecule has 0 saturated heterocycles. The molecule has 0 bridgehead atoms. The van der Waals surface area contributed by atoms with Gasteiger partial charge in [-0.1, -0.05) is 42.5 Å². The topological polar surface area (TPSA) is 44.8 Å². The summed E-state index contributed by atoms with van der Waals surface area (Å²) in [5.41, 5.74) is 2.70. The van der Waals surface area contributed by atoms with Crippen LogP contribution < -0.4 is 4.74 Å². The third-order valence-corrected chi connectivity index (χ3v) is 3.25. The lowest BCUT2D eigenvalue weighted by Crippen LogP contribution is -2.02. The van der Waals surface area contributed by atoms with Crippen molar-refractivity contribution in [2.24, 2.45) is 0 Å². The Morgan fingerprint density at radius 3 is 2.52 bits per heavy atom. The van der Waals surface area contributed by atoms with Gasteiger partial charge in [-0.05, 0) is 28.8 Å². The molecular weight excluding hydrogens is 292 g/mol. The second kappa shape index (κ2) is 8.76. The Bertz CT molecular complexity index is 662. The number of ether oxygens (including phenoxy) is 3. The predicted molar refractivity (Wildman–Crippen MR) is 89.1 cm³/mol. The van der Waals surface area contributed by atoms with Crippen LogP contribution in [0.25, 0.3) is 5.57 Å². The summed E-state index contributed by atoms with van der Waals surface area (Å²) < 4.78 is 15.6. The molecule has 0 atom stereocenters. The predicted octanol–water partition coefficient (Wildman–Crippen LogP) is 3.47. The molecule has 0 N–H and O–H groups in total. The largest absolute Gasteiger partial charge is 0.489 e. The van der Waals surface area contributed by atoms with Crippen LogP contribution in [0.15, 0.2) is 60.7 Å². The van der Waals surface area contributed by atoms with Gasteiger partial charge >= 0.3 is 5.97 Å². The van der Waals surface area contributed by atoms with E-state index in [1.165, 1.54) is 13.2 Å². The minimum Gasteiger partial charge on any atom is -0.489 e. The molecule has 0 radical (unpaired) electrons. The van der Waals surface area contributed by atoms with Crippen molar-refractivity contribution in [1.82, 2.24) is 0 Å². The summed E-state index contributed by atoms with van der Waals surface area (Å²) in [6, 6.07) is 17.5. The van der Waals surface area contributed by atoms with E-state index in [1.54, 1.807) is 7.11 Å². The molecule has 0 aliphatic rings. The van der Waals surface area contributed by atoms with Crippen LogP contribution in [0.3, 0.4) is 0 Å². The molecule has 0 spiro atoms. The molecule has 0 fully saturated rings. The summed E-state index contributed by atoms with van der Waals surface area (Å²) in [5.74, 6) is 0.325. The number of carbonyl (C=O) groups excluding carboxylic acids is 1. The highest BCUT2D eigenvalue weighted by Crippen LogP contribution is 2.21. The Morgan fingerprint density at radius 1 is 1.04 bits per heavy atom. The highest BCUT2D eigenvalue weighted by Gasteiger charge is 2.07. The number of benzene rings is 2. The lowest BCUT2D eigenvalue weighted by Gasteiger charge is -2.10. The summed E-state index contributed by atoms with van der Waals surface area (Å²) in [7, 11) is 2.93. The molecule has 2 aromatic rings. The Kier molecular flexibility index (Phi) is 6.39. The Labute approximate surface area is 136 Å². The van der Waals surface area contributed by atoms with Crippen LogP contribution in [-0.2, 0) is 20.9 Å². The van der Waals surface area contributed by atoms with Crippen molar-refractivity contribution in [2.45, 2.75) is 6.61 Å². The molecule has 2 rings (SSSR count). The highest BCUT2D eigenvalue weighted by molar-refractivity contribution is 5.91. The molecule has 0 aromatic heterocycles. The van der Waals surface area contributed by atoms with Crippen molar-refractivity contribution in [1.29, 1.82) is 0 Å². The van der Waals surface area contributed by atoms with Crippen molar-refractivity contribution in [3.05, 3.63) is 71.8 Å². The third kappa shape index (κ3) is 5.27. The summed E-state index contributed by atoms with van der Waals surface area (Å²) in [6.07, 6.45) is 1.43. The van der Waals surface area contributed by atoms with Gasteiger partial charge in [0.25, 0.3) is 0 Å². The average molecular weight is 312 g/mol. The van der Waals surface area contributed by atoms with Gasteiger partial charge in [0.1, 0.15) is 12.4 Å². The molecule has 23 heavy (non-hydrogen) atoms. The molecule has 4 heteroatoms. The minimum atomic E-state index is -0.410. The number of rotatable bonds is 7. The first-order valence-corrected chi connectivity index (χ1v) is 7.27. The number of esters is 1. The Balaban J connectivity index is 2.14. The molecule has 0 unspecified atom stereocenters. The summed E-state index contributed by atoms with van der Waals surface area (Å²) >= 11 is 0. The fourth-order valence-electron chi connectivity index (χ4n) is 2.09. The smallest absolute Gasteiger partial charge is 0.330 e. The normalized spacial score (nSPS) is 11.1. The van der Waals surface area contributed by atoms with Crippen LogP contribution in [0.4, 0.5) is 0 Å². The maximum absolute atomic E-state index is 11.5. The molecule has 0 heterocycles. The van der Waals surface area contributed by atoms with Crippen molar-refractivity contribution in [3.63, 3.8) is 0 Å².